The Hall–Kier alpha value is -2.50. The summed E-state index contributed by atoms with van der Waals surface area (Å²) in [6, 6.07) is 5.65. The molecule has 1 saturated heterocycles. The molecular weight excluding hydrogens is 272 g/mol. The van der Waals surface area contributed by atoms with E-state index in [1.165, 1.54) is 18.2 Å². The first kappa shape index (κ1) is 13.5. The van der Waals surface area contributed by atoms with Crippen molar-refractivity contribution >= 4 is 23.2 Å². The third kappa shape index (κ3) is 2.12. The molecule has 0 radical (unpaired) electrons. The van der Waals surface area contributed by atoms with Crippen LogP contribution in [-0.2, 0) is 9.59 Å². The highest BCUT2D eigenvalue weighted by Crippen LogP contribution is 2.40. The molecule has 21 heavy (non-hydrogen) atoms. The number of fused-ring (bicyclic) bond motifs is 1. The summed E-state index contributed by atoms with van der Waals surface area (Å²) in [5, 5.41) is 10.8. The highest BCUT2D eigenvalue weighted by Gasteiger charge is 2.48. The number of nitro benzene ring substituents is 1. The lowest BCUT2D eigenvalue weighted by Crippen LogP contribution is -2.30. The van der Waals surface area contributed by atoms with Gasteiger partial charge in [-0.1, -0.05) is 17.7 Å². The zero-order chi connectivity index (χ0) is 15.1. The molecule has 0 aromatic heterocycles. The van der Waals surface area contributed by atoms with E-state index in [-0.39, 0.29) is 35.0 Å². The Kier molecular flexibility index (Phi) is 3.08. The lowest BCUT2D eigenvalue weighted by molar-refractivity contribution is -0.384. The van der Waals surface area contributed by atoms with Crippen molar-refractivity contribution in [1.29, 1.82) is 0 Å². The molecule has 0 N–H and O–H groups in total. The highest BCUT2D eigenvalue weighted by atomic mass is 16.6. The number of allylic oxidation sites excluding steroid dienone is 2. The summed E-state index contributed by atoms with van der Waals surface area (Å²) in [4.78, 5) is 36.3. The maximum atomic E-state index is 12.5. The summed E-state index contributed by atoms with van der Waals surface area (Å²) in [6.45, 7) is 1.95. The van der Waals surface area contributed by atoms with E-state index < -0.39 is 4.92 Å². The number of hydrogen-bond acceptors (Lipinski definition) is 4. The molecule has 108 valence electrons. The smallest absolute Gasteiger partial charge is 0.271 e. The number of amides is 2. The van der Waals surface area contributed by atoms with Crippen LogP contribution in [0.4, 0.5) is 11.4 Å². The molecule has 1 fully saturated rings. The second-order valence-corrected chi connectivity index (χ2v) is 5.49. The van der Waals surface area contributed by atoms with Crippen molar-refractivity contribution in [3.05, 3.63) is 46.0 Å². The normalized spacial score (nSPS) is 24.8. The Balaban J connectivity index is 1.97. The van der Waals surface area contributed by atoms with Gasteiger partial charge >= 0.3 is 0 Å². The molecule has 0 saturated carbocycles. The van der Waals surface area contributed by atoms with Crippen LogP contribution >= 0.6 is 0 Å². The van der Waals surface area contributed by atoms with Crippen LogP contribution in [0.15, 0.2) is 35.9 Å². The topological polar surface area (TPSA) is 80.5 Å². The van der Waals surface area contributed by atoms with Crippen LogP contribution < -0.4 is 4.90 Å². The molecule has 0 unspecified atom stereocenters. The fourth-order valence-electron chi connectivity index (χ4n) is 3.04. The number of benzene rings is 1. The molecule has 0 bridgehead atoms. The number of anilines is 1. The number of hydrogen-bond donors (Lipinski definition) is 0. The molecule has 1 heterocycles. The first-order valence-electron chi connectivity index (χ1n) is 6.77. The summed E-state index contributed by atoms with van der Waals surface area (Å²) in [6.07, 6.45) is 3.14. The molecule has 0 spiro atoms. The van der Waals surface area contributed by atoms with Crippen LogP contribution in [0.25, 0.3) is 0 Å². The van der Waals surface area contributed by atoms with Crippen LogP contribution in [0, 0.1) is 22.0 Å². The van der Waals surface area contributed by atoms with Crippen molar-refractivity contribution < 1.29 is 14.5 Å². The Labute approximate surface area is 121 Å². The average molecular weight is 286 g/mol. The molecule has 6 heteroatoms. The maximum absolute atomic E-state index is 12.5. The molecule has 2 aliphatic rings. The van der Waals surface area contributed by atoms with Crippen molar-refractivity contribution in [3.8, 4) is 0 Å². The van der Waals surface area contributed by atoms with Crippen LogP contribution in [0.1, 0.15) is 19.8 Å². The molecule has 6 nitrogen and oxygen atoms in total. The maximum Gasteiger partial charge on any atom is 0.271 e. The van der Waals surface area contributed by atoms with Crippen LogP contribution in [0.5, 0.6) is 0 Å². The van der Waals surface area contributed by atoms with Crippen molar-refractivity contribution in [2.24, 2.45) is 11.8 Å². The molecule has 1 aromatic carbocycles. The standard InChI is InChI=1S/C15H14N2O4/c1-9-5-6-12-13(7-9)15(19)16(14(12)18)10-3-2-4-11(8-10)17(20)21/h2-5,8,12-13H,6-7H2,1H3/t12-,13+/m0/s1. The van der Waals surface area contributed by atoms with E-state index in [2.05, 4.69) is 0 Å². The summed E-state index contributed by atoms with van der Waals surface area (Å²) >= 11 is 0. The van der Waals surface area contributed by atoms with Crippen LogP contribution in [0.3, 0.4) is 0 Å². The monoisotopic (exact) mass is 286 g/mol. The predicted molar refractivity (Wildman–Crippen MR) is 75.6 cm³/mol. The van der Waals surface area contributed by atoms with Gasteiger partial charge in [0.05, 0.1) is 22.4 Å². The summed E-state index contributed by atoms with van der Waals surface area (Å²) in [5.41, 5.74) is 1.27. The quantitative estimate of drug-likeness (QED) is 0.362. The molecule has 1 aromatic rings. The molecule has 2 atom stereocenters. The van der Waals surface area contributed by atoms with Crippen LogP contribution in [-0.4, -0.2) is 16.7 Å². The second kappa shape index (κ2) is 4.80. The fourth-order valence-corrected chi connectivity index (χ4v) is 3.04. The Morgan fingerprint density at radius 3 is 2.67 bits per heavy atom. The number of carbonyl (C=O) groups excluding carboxylic acids is 2. The van der Waals surface area contributed by atoms with Crippen molar-refractivity contribution in [2.45, 2.75) is 19.8 Å². The molecule has 1 aliphatic heterocycles. The van der Waals surface area contributed by atoms with E-state index in [1.807, 2.05) is 13.0 Å². The number of nitrogens with zero attached hydrogens (tertiary/aromatic N) is 2. The van der Waals surface area contributed by atoms with Gasteiger partial charge in [-0.05, 0) is 25.8 Å². The minimum Gasteiger partial charge on any atom is -0.274 e. The van der Waals surface area contributed by atoms with Gasteiger partial charge in [-0.2, -0.15) is 0 Å². The number of non-ortho nitro benzene ring substituents is 1. The van der Waals surface area contributed by atoms with E-state index in [0.29, 0.717) is 12.8 Å². The number of rotatable bonds is 2. The lowest BCUT2D eigenvalue weighted by atomic mass is 9.82. The largest absolute Gasteiger partial charge is 0.274 e. The van der Waals surface area contributed by atoms with E-state index in [4.69, 9.17) is 0 Å². The summed E-state index contributed by atoms with van der Waals surface area (Å²) in [5.74, 6) is -1.17. The fraction of sp³-hybridized carbons (Fsp3) is 0.333. The minimum atomic E-state index is -0.534. The van der Waals surface area contributed by atoms with Gasteiger partial charge in [0.25, 0.3) is 5.69 Å². The molecule has 1 aliphatic carbocycles. The summed E-state index contributed by atoms with van der Waals surface area (Å²) in [7, 11) is 0. The lowest BCUT2D eigenvalue weighted by Gasteiger charge is -2.18. The predicted octanol–water partition coefficient (Wildman–Crippen LogP) is 2.44. The van der Waals surface area contributed by atoms with Gasteiger partial charge in [0.1, 0.15) is 0 Å². The van der Waals surface area contributed by atoms with E-state index in [1.54, 1.807) is 6.07 Å². The third-order valence-electron chi connectivity index (χ3n) is 4.12. The van der Waals surface area contributed by atoms with Gasteiger partial charge in [-0.3, -0.25) is 19.7 Å². The van der Waals surface area contributed by atoms with Gasteiger partial charge in [0.15, 0.2) is 0 Å². The molecular formula is C15H14N2O4. The zero-order valence-electron chi connectivity index (χ0n) is 11.5. The first-order valence-corrected chi connectivity index (χ1v) is 6.77. The van der Waals surface area contributed by atoms with Crippen LogP contribution in [0.2, 0.25) is 0 Å². The Morgan fingerprint density at radius 2 is 1.95 bits per heavy atom. The van der Waals surface area contributed by atoms with Crippen molar-refractivity contribution in [3.63, 3.8) is 0 Å². The molecule has 3 rings (SSSR count). The van der Waals surface area contributed by atoms with Crippen molar-refractivity contribution in [2.75, 3.05) is 4.90 Å². The van der Waals surface area contributed by atoms with Gasteiger partial charge in [-0.15, -0.1) is 0 Å². The minimum absolute atomic E-state index is 0.128. The number of nitro groups is 1. The van der Waals surface area contributed by atoms with Gasteiger partial charge in [0, 0.05) is 12.1 Å². The van der Waals surface area contributed by atoms with Gasteiger partial charge in [0.2, 0.25) is 11.8 Å². The average Bonchev–Trinajstić information content (AvgIpc) is 2.70. The first-order chi connectivity index (χ1) is 9.99. The van der Waals surface area contributed by atoms with E-state index in [9.17, 15) is 19.7 Å². The van der Waals surface area contributed by atoms with E-state index in [0.717, 1.165) is 10.5 Å². The Bertz CT molecular complexity index is 680. The zero-order valence-corrected chi connectivity index (χ0v) is 11.5. The van der Waals surface area contributed by atoms with Crippen molar-refractivity contribution in [1.82, 2.24) is 0 Å². The molecule has 2 amide bonds. The van der Waals surface area contributed by atoms with Gasteiger partial charge in [-0.25, -0.2) is 4.90 Å². The van der Waals surface area contributed by atoms with Gasteiger partial charge < -0.3 is 0 Å². The summed E-state index contributed by atoms with van der Waals surface area (Å²) < 4.78 is 0. The van der Waals surface area contributed by atoms with E-state index >= 15 is 0 Å². The Morgan fingerprint density at radius 1 is 1.24 bits per heavy atom. The highest BCUT2D eigenvalue weighted by molar-refractivity contribution is 6.22. The second-order valence-electron chi connectivity index (χ2n) is 5.49. The number of carbonyl (C=O) groups is 2. The third-order valence-corrected chi connectivity index (χ3v) is 4.12. The SMILES string of the molecule is CC1=CC[C@@H]2C(=O)N(c3cccc([N+](=O)[O-])c3)C(=O)[C@@H]2C1. The number of imide groups is 1.